The van der Waals surface area contributed by atoms with Crippen LogP contribution < -0.4 is 0 Å². The molecule has 0 spiro atoms. The maximum Gasteiger partial charge on any atom is 0.339 e. The molecule has 0 aliphatic carbocycles. The highest BCUT2D eigenvalue weighted by Gasteiger charge is 2.19. The smallest absolute Gasteiger partial charge is 0.339 e. The first-order chi connectivity index (χ1) is 9.82. The molecule has 1 aromatic rings. The molecule has 4 heteroatoms. The van der Waals surface area contributed by atoms with Gasteiger partial charge in [-0.05, 0) is 23.9 Å². The van der Waals surface area contributed by atoms with Crippen molar-refractivity contribution in [3.8, 4) is 0 Å². The Morgan fingerprint density at radius 1 is 1.00 bits per heavy atom. The summed E-state index contributed by atoms with van der Waals surface area (Å²) in [6.07, 6.45) is 0. The molecular formula is C16H22O4. The van der Waals surface area contributed by atoms with Crippen LogP contribution in [0.2, 0.25) is 0 Å². The van der Waals surface area contributed by atoms with Gasteiger partial charge < -0.3 is 9.47 Å². The molecule has 0 aromatic heterocycles. The molecule has 0 radical (unpaired) electrons. The molecule has 1 aromatic carbocycles. The second-order valence-electron chi connectivity index (χ2n) is 5.44. The Kier molecular flexibility index (Phi) is 5.59. The first kappa shape index (κ1) is 14.6. The molecule has 0 saturated carbocycles. The summed E-state index contributed by atoms with van der Waals surface area (Å²) >= 11 is 0. The van der Waals surface area contributed by atoms with Gasteiger partial charge in [-0.2, -0.15) is 0 Å². The summed E-state index contributed by atoms with van der Waals surface area (Å²) in [5, 5.41) is 0. The van der Waals surface area contributed by atoms with E-state index >= 15 is 0 Å². The van der Waals surface area contributed by atoms with Crippen molar-refractivity contribution in [3.63, 3.8) is 0 Å². The number of carbonyl (C=O) groups is 2. The van der Waals surface area contributed by atoms with Crippen LogP contribution in [0.1, 0.15) is 49.8 Å². The third kappa shape index (κ3) is 5.03. The van der Waals surface area contributed by atoms with Gasteiger partial charge in [0.1, 0.15) is 0 Å². The molecular weight excluding hydrogens is 256 g/mol. The molecule has 1 rings (SSSR count). The van der Waals surface area contributed by atoms with Gasteiger partial charge in [-0.1, -0.05) is 39.8 Å². The van der Waals surface area contributed by atoms with Gasteiger partial charge in [-0.3, -0.25) is 0 Å². The fraction of sp³-hybridized carbons (Fsp3) is 0.500. The predicted octanol–water partition coefficient (Wildman–Crippen LogP) is 3.31. The second kappa shape index (κ2) is 7.68. The van der Waals surface area contributed by atoms with Gasteiger partial charge in [0.25, 0.3) is 0 Å². The van der Waals surface area contributed by atoms with E-state index in [1.54, 1.807) is 6.07 Å². The summed E-state index contributed by atoms with van der Waals surface area (Å²) in [5.41, 5.74) is 0.0452. The molecule has 0 aliphatic heterocycles. The molecule has 0 saturated heterocycles. The molecule has 0 fully saturated rings. The summed E-state index contributed by atoms with van der Waals surface area (Å²) in [5.74, 6) is -0.882. The van der Waals surface area contributed by atoms with Crippen LogP contribution in [0.5, 0.6) is 0 Å². The van der Waals surface area contributed by atoms with Crippen LogP contribution in [-0.2, 0) is 9.47 Å². The minimum Gasteiger partial charge on any atom is -0.462 e. The normalized spacial score (nSPS) is 11.4. The number of benzene rings is 1. The van der Waals surface area contributed by atoms with Gasteiger partial charge in [0.2, 0.25) is 0 Å². The van der Waals surface area contributed by atoms with Gasteiger partial charge in [0, 0.05) is 0 Å². The first-order valence-corrected chi connectivity index (χ1v) is 6.76. The zero-order valence-corrected chi connectivity index (χ0v) is 12.4. The maximum atomic E-state index is 12.1. The molecule has 0 aliphatic rings. The lowest BCUT2D eigenvalue weighted by Gasteiger charge is -2.11. The van der Waals surface area contributed by atoms with Crippen LogP contribution in [0.4, 0.5) is 0 Å². The first-order valence-electron chi connectivity index (χ1n) is 7.26. The van der Waals surface area contributed by atoms with Crippen LogP contribution in [0.25, 0.3) is 0 Å². The number of ether oxygens (including phenoxy) is 2. The quantitative estimate of drug-likeness (QED) is 0.750. The molecule has 0 amide bonds. The van der Waals surface area contributed by atoms with E-state index in [9.17, 15) is 9.59 Å². The highest BCUT2D eigenvalue weighted by molar-refractivity contribution is 6.03. The second-order valence-corrected chi connectivity index (χ2v) is 5.44. The van der Waals surface area contributed by atoms with Crippen molar-refractivity contribution in [2.45, 2.75) is 27.7 Å². The van der Waals surface area contributed by atoms with Crippen molar-refractivity contribution in [2.24, 2.45) is 11.8 Å². The lowest BCUT2D eigenvalue weighted by atomic mass is 10.1. The van der Waals surface area contributed by atoms with E-state index in [0.29, 0.717) is 0 Å². The molecule has 110 valence electrons. The van der Waals surface area contributed by atoms with E-state index in [1.807, 2.05) is 27.7 Å². The average Bonchev–Trinajstić information content (AvgIpc) is 2.41. The van der Waals surface area contributed by atoms with E-state index < -0.39 is 11.9 Å². The Bertz CT molecular complexity index is 509. The SMILES string of the molecule is [2H]c1cccc(C(=O)OCC(C)C)c1C(=O)OCC(C)C. The van der Waals surface area contributed by atoms with Gasteiger partial charge in [0.05, 0.1) is 25.7 Å². The van der Waals surface area contributed by atoms with Crippen molar-refractivity contribution < 1.29 is 20.4 Å². The lowest BCUT2D eigenvalue weighted by Crippen LogP contribution is -2.17. The Balaban J connectivity index is 2.97. The highest BCUT2D eigenvalue weighted by atomic mass is 16.5. The van der Waals surface area contributed by atoms with E-state index in [2.05, 4.69) is 0 Å². The minimum absolute atomic E-state index is 0.0353. The number of esters is 2. The summed E-state index contributed by atoms with van der Waals surface area (Å²) in [6, 6.07) is 4.44. The predicted molar refractivity (Wildman–Crippen MR) is 76.7 cm³/mol. The standard InChI is InChI=1S/C16H22O4/c1-11(2)9-19-15(17)13-7-5-6-8-14(13)16(18)20-10-12(3)4/h5-8,11-12H,9-10H2,1-4H3/i7D. The Morgan fingerprint density at radius 2 is 1.50 bits per heavy atom. The summed E-state index contributed by atoms with van der Waals surface area (Å²) < 4.78 is 18.1. The van der Waals surface area contributed by atoms with Crippen LogP contribution in [0, 0.1) is 11.8 Å². The van der Waals surface area contributed by atoms with Gasteiger partial charge in [0.15, 0.2) is 0 Å². The van der Waals surface area contributed by atoms with Crippen LogP contribution in [-0.4, -0.2) is 25.2 Å². The highest BCUT2D eigenvalue weighted by Crippen LogP contribution is 2.13. The number of rotatable bonds is 6. The lowest BCUT2D eigenvalue weighted by molar-refractivity contribution is 0.0412. The topological polar surface area (TPSA) is 52.6 Å². The molecule has 0 heterocycles. The van der Waals surface area contributed by atoms with Crippen molar-refractivity contribution in [3.05, 3.63) is 35.4 Å². The Hall–Kier alpha value is -1.84. The van der Waals surface area contributed by atoms with E-state index in [1.165, 1.54) is 12.1 Å². The third-order valence-electron chi connectivity index (χ3n) is 2.38. The van der Waals surface area contributed by atoms with Crippen molar-refractivity contribution in [1.82, 2.24) is 0 Å². The maximum absolute atomic E-state index is 12.1. The van der Waals surface area contributed by atoms with E-state index in [4.69, 9.17) is 10.8 Å². The number of hydrogen-bond donors (Lipinski definition) is 0. The largest absolute Gasteiger partial charge is 0.462 e. The van der Waals surface area contributed by atoms with Crippen molar-refractivity contribution >= 4 is 11.9 Å². The van der Waals surface area contributed by atoms with Crippen LogP contribution >= 0.6 is 0 Å². The van der Waals surface area contributed by atoms with Gasteiger partial charge in [-0.15, -0.1) is 0 Å². The molecule has 20 heavy (non-hydrogen) atoms. The number of hydrogen-bond acceptors (Lipinski definition) is 4. The van der Waals surface area contributed by atoms with Crippen molar-refractivity contribution in [2.75, 3.05) is 13.2 Å². The van der Waals surface area contributed by atoms with E-state index in [-0.39, 0.29) is 42.2 Å². The zero-order chi connectivity index (χ0) is 16.0. The summed E-state index contributed by atoms with van der Waals surface area (Å²) in [6.45, 7) is 8.18. The minimum atomic E-state index is -0.661. The fourth-order valence-electron chi connectivity index (χ4n) is 1.41. The molecule has 4 nitrogen and oxygen atoms in total. The summed E-state index contributed by atoms with van der Waals surface area (Å²) in [4.78, 5) is 24.1. The monoisotopic (exact) mass is 279 g/mol. The van der Waals surface area contributed by atoms with E-state index in [0.717, 1.165) is 0 Å². The number of carbonyl (C=O) groups excluding carboxylic acids is 2. The Morgan fingerprint density at radius 3 is 2.00 bits per heavy atom. The summed E-state index contributed by atoms with van der Waals surface area (Å²) in [7, 11) is 0. The third-order valence-corrected chi connectivity index (χ3v) is 2.38. The fourth-order valence-corrected chi connectivity index (χ4v) is 1.41. The van der Waals surface area contributed by atoms with Gasteiger partial charge >= 0.3 is 11.9 Å². The molecule has 0 atom stereocenters. The van der Waals surface area contributed by atoms with Crippen LogP contribution in [0.15, 0.2) is 24.2 Å². The molecule has 0 unspecified atom stereocenters. The average molecular weight is 279 g/mol. The van der Waals surface area contributed by atoms with Gasteiger partial charge in [-0.25, -0.2) is 9.59 Å². The molecule has 0 bridgehead atoms. The molecule has 0 N–H and O–H groups in total. The van der Waals surface area contributed by atoms with Crippen LogP contribution in [0.3, 0.4) is 0 Å². The Labute approximate surface area is 121 Å². The van der Waals surface area contributed by atoms with Crippen molar-refractivity contribution in [1.29, 1.82) is 0 Å². The zero-order valence-electron chi connectivity index (χ0n) is 13.4.